The molecule has 0 aliphatic heterocycles. The number of H-pyrrole nitrogens is 1. The topological polar surface area (TPSA) is 57.8 Å². The van der Waals surface area contributed by atoms with E-state index in [2.05, 4.69) is 29.1 Å². The molecule has 1 atom stereocenters. The zero-order valence-electron chi connectivity index (χ0n) is 12.9. The highest BCUT2D eigenvalue weighted by Gasteiger charge is 2.17. The van der Waals surface area contributed by atoms with Gasteiger partial charge in [-0.2, -0.15) is 0 Å². The van der Waals surface area contributed by atoms with Gasteiger partial charge in [0.05, 0.1) is 22.0 Å². The van der Waals surface area contributed by atoms with Gasteiger partial charge in [0.1, 0.15) is 5.82 Å². The first kappa shape index (κ1) is 14.8. The average molecular weight is 313 g/mol. The van der Waals surface area contributed by atoms with Crippen molar-refractivity contribution in [3.63, 3.8) is 0 Å². The second-order valence-electron chi connectivity index (χ2n) is 5.40. The summed E-state index contributed by atoms with van der Waals surface area (Å²) in [6, 6.07) is 9.67. The molecule has 0 spiro atoms. The number of para-hydroxylation sites is 2. The standard InChI is InChI=1S/C17H19N3OS/c1-4-14-10(2)9-15(22-14)17(21)18-11(3)16-19-12-7-5-6-8-13(12)20-16/h5-9,11H,4H2,1-3H3,(H,18,21)(H,19,20). The number of aromatic nitrogens is 2. The zero-order chi connectivity index (χ0) is 15.7. The smallest absolute Gasteiger partial charge is 0.261 e. The Balaban J connectivity index is 1.77. The molecule has 0 saturated heterocycles. The van der Waals surface area contributed by atoms with Crippen LogP contribution < -0.4 is 5.32 Å². The fraction of sp³-hybridized carbons (Fsp3) is 0.294. The molecule has 3 rings (SSSR count). The highest BCUT2D eigenvalue weighted by Crippen LogP contribution is 2.23. The summed E-state index contributed by atoms with van der Waals surface area (Å²) in [6.45, 7) is 6.10. The van der Waals surface area contributed by atoms with Gasteiger partial charge in [-0.25, -0.2) is 4.98 Å². The van der Waals surface area contributed by atoms with Crippen LogP contribution in [0.3, 0.4) is 0 Å². The molecule has 0 aliphatic rings. The number of carbonyl (C=O) groups is 1. The van der Waals surface area contributed by atoms with E-state index < -0.39 is 0 Å². The fourth-order valence-corrected chi connectivity index (χ4v) is 3.51. The predicted molar refractivity (Wildman–Crippen MR) is 90.4 cm³/mol. The Morgan fingerprint density at radius 2 is 2.18 bits per heavy atom. The number of hydrogen-bond donors (Lipinski definition) is 2. The molecular formula is C17H19N3OS. The lowest BCUT2D eigenvalue weighted by Gasteiger charge is -2.10. The van der Waals surface area contributed by atoms with Crippen molar-refractivity contribution in [2.75, 3.05) is 0 Å². The van der Waals surface area contributed by atoms with Gasteiger partial charge < -0.3 is 10.3 Å². The first-order valence-corrected chi connectivity index (χ1v) is 8.25. The Bertz CT molecular complexity index is 785. The molecular weight excluding hydrogens is 294 g/mol. The predicted octanol–water partition coefficient (Wildman–Crippen LogP) is 3.99. The Kier molecular flexibility index (Phi) is 3.98. The van der Waals surface area contributed by atoms with Gasteiger partial charge in [0.25, 0.3) is 5.91 Å². The lowest BCUT2D eigenvalue weighted by atomic mass is 10.2. The third-order valence-corrected chi connectivity index (χ3v) is 5.11. The van der Waals surface area contributed by atoms with Crippen LogP contribution >= 0.6 is 11.3 Å². The SMILES string of the molecule is CCc1sc(C(=O)NC(C)c2nc3ccccc3[nH]2)cc1C. The number of carbonyl (C=O) groups excluding carboxylic acids is 1. The van der Waals surface area contributed by atoms with Gasteiger partial charge in [-0.05, 0) is 44.0 Å². The summed E-state index contributed by atoms with van der Waals surface area (Å²) in [5, 5.41) is 3.02. The number of imidazole rings is 1. The lowest BCUT2D eigenvalue weighted by molar-refractivity contribution is 0.0942. The Morgan fingerprint density at radius 3 is 2.86 bits per heavy atom. The third-order valence-electron chi connectivity index (χ3n) is 3.73. The van der Waals surface area contributed by atoms with Crippen LogP contribution in [0.5, 0.6) is 0 Å². The lowest BCUT2D eigenvalue weighted by Crippen LogP contribution is -2.26. The molecule has 4 nitrogen and oxygen atoms in total. The number of fused-ring (bicyclic) bond motifs is 1. The van der Waals surface area contributed by atoms with Crippen LogP contribution in [0, 0.1) is 6.92 Å². The Hall–Kier alpha value is -2.14. The van der Waals surface area contributed by atoms with Gasteiger partial charge in [0, 0.05) is 4.88 Å². The van der Waals surface area contributed by atoms with Crippen LogP contribution in [0.4, 0.5) is 0 Å². The molecule has 0 bridgehead atoms. The number of nitrogens with one attached hydrogen (secondary N) is 2. The van der Waals surface area contributed by atoms with Gasteiger partial charge in [0.15, 0.2) is 0 Å². The third kappa shape index (κ3) is 2.76. The average Bonchev–Trinajstić information content (AvgIpc) is 3.10. The van der Waals surface area contributed by atoms with E-state index in [0.717, 1.165) is 28.2 Å². The summed E-state index contributed by atoms with van der Waals surface area (Å²) in [5.74, 6) is 0.735. The van der Waals surface area contributed by atoms with E-state index >= 15 is 0 Å². The van der Waals surface area contributed by atoms with Crippen molar-refractivity contribution >= 4 is 28.3 Å². The molecule has 2 N–H and O–H groups in total. The van der Waals surface area contributed by atoms with Crippen molar-refractivity contribution in [3.8, 4) is 0 Å². The number of amides is 1. The summed E-state index contributed by atoms with van der Waals surface area (Å²) in [5.41, 5.74) is 3.09. The number of nitrogens with zero attached hydrogens (tertiary/aromatic N) is 1. The minimum atomic E-state index is -0.160. The molecule has 2 heterocycles. The number of benzene rings is 1. The molecule has 0 saturated carbocycles. The van der Waals surface area contributed by atoms with E-state index in [1.165, 1.54) is 10.4 Å². The van der Waals surface area contributed by atoms with E-state index in [1.54, 1.807) is 11.3 Å². The van der Waals surface area contributed by atoms with Crippen molar-refractivity contribution < 1.29 is 4.79 Å². The number of rotatable bonds is 4. The molecule has 0 fully saturated rings. The van der Waals surface area contributed by atoms with Gasteiger partial charge >= 0.3 is 0 Å². The molecule has 2 aromatic heterocycles. The number of aryl methyl sites for hydroxylation is 2. The Labute approximate surface area is 133 Å². The summed E-state index contributed by atoms with van der Waals surface area (Å²) < 4.78 is 0. The molecule has 1 unspecified atom stereocenters. The molecule has 5 heteroatoms. The van der Waals surface area contributed by atoms with Gasteiger partial charge in [0.2, 0.25) is 0 Å². The molecule has 3 aromatic rings. The van der Waals surface area contributed by atoms with Crippen LogP contribution in [0.25, 0.3) is 11.0 Å². The van der Waals surface area contributed by atoms with E-state index in [1.807, 2.05) is 37.3 Å². The zero-order valence-corrected chi connectivity index (χ0v) is 13.8. The second kappa shape index (κ2) is 5.93. The summed E-state index contributed by atoms with van der Waals surface area (Å²) in [6.07, 6.45) is 0.961. The van der Waals surface area contributed by atoms with Crippen molar-refractivity contribution in [2.45, 2.75) is 33.2 Å². The van der Waals surface area contributed by atoms with E-state index in [9.17, 15) is 4.79 Å². The van der Waals surface area contributed by atoms with E-state index in [4.69, 9.17) is 0 Å². The van der Waals surface area contributed by atoms with Gasteiger partial charge in [-0.15, -0.1) is 11.3 Å². The van der Waals surface area contributed by atoms with Crippen molar-refractivity contribution in [3.05, 3.63) is 51.5 Å². The van der Waals surface area contributed by atoms with Crippen molar-refractivity contribution in [1.82, 2.24) is 15.3 Å². The van der Waals surface area contributed by atoms with Crippen LogP contribution in [0.1, 0.15) is 45.8 Å². The minimum Gasteiger partial charge on any atom is -0.342 e. The fourth-order valence-electron chi connectivity index (χ4n) is 2.50. The maximum atomic E-state index is 12.4. The van der Waals surface area contributed by atoms with Crippen LogP contribution in [0.2, 0.25) is 0 Å². The van der Waals surface area contributed by atoms with E-state index in [0.29, 0.717) is 0 Å². The number of aromatic amines is 1. The molecule has 1 amide bonds. The second-order valence-corrected chi connectivity index (χ2v) is 6.54. The quantitative estimate of drug-likeness (QED) is 0.765. The maximum Gasteiger partial charge on any atom is 0.261 e. The van der Waals surface area contributed by atoms with Crippen molar-refractivity contribution in [1.29, 1.82) is 0 Å². The van der Waals surface area contributed by atoms with Crippen LogP contribution in [-0.4, -0.2) is 15.9 Å². The molecule has 0 radical (unpaired) electrons. The monoisotopic (exact) mass is 313 g/mol. The summed E-state index contributed by atoms with van der Waals surface area (Å²) in [4.78, 5) is 22.2. The van der Waals surface area contributed by atoms with Crippen LogP contribution in [-0.2, 0) is 6.42 Å². The first-order valence-electron chi connectivity index (χ1n) is 7.43. The summed E-state index contributed by atoms with van der Waals surface area (Å²) in [7, 11) is 0. The molecule has 0 aliphatic carbocycles. The maximum absolute atomic E-state index is 12.4. The normalized spacial score (nSPS) is 12.5. The van der Waals surface area contributed by atoms with Crippen molar-refractivity contribution in [2.24, 2.45) is 0 Å². The minimum absolute atomic E-state index is 0.0410. The molecule has 114 valence electrons. The largest absolute Gasteiger partial charge is 0.342 e. The highest BCUT2D eigenvalue weighted by molar-refractivity contribution is 7.14. The van der Waals surface area contributed by atoms with E-state index in [-0.39, 0.29) is 11.9 Å². The molecule has 22 heavy (non-hydrogen) atoms. The summed E-state index contributed by atoms with van der Waals surface area (Å²) >= 11 is 1.57. The van der Waals surface area contributed by atoms with Crippen LogP contribution in [0.15, 0.2) is 30.3 Å². The molecule has 1 aromatic carbocycles. The number of thiophene rings is 1. The first-order chi connectivity index (χ1) is 10.6. The van der Waals surface area contributed by atoms with Gasteiger partial charge in [-0.1, -0.05) is 19.1 Å². The Morgan fingerprint density at radius 1 is 1.41 bits per heavy atom. The highest BCUT2D eigenvalue weighted by atomic mass is 32.1. The van der Waals surface area contributed by atoms with Gasteiger partial charge in [-0.3, -0.25) is 4.79 Å². The number of hydrogen-bond acceptors (Lipinski definition) is 3.